The highest BCUT2D eigenvalue weighted by Crippen LogP contribution is 2.25. The van der Waals surface area contributed by atoms with E-state index in [0.717, 1.165) is 16.6 Å². The van der Waals surface area contributed by atoms with Gasteiger partial charge in [0, 0.05) is 17.1 Å². The third kappa shape index (κ3) is 3.42. The molecule has 2 aromatic heterocycles. The van der Waals surface area contributed by atoms with E-state index in [1.807, 2.05) is 56.3 Å². The molecular formula is C21H19N5O2. The molecular weight excluding hydrogens is 354 g/mol. The van der Waals surface area contributed by atoms with Gasteiger partial charge in [0.25, 0.3) is 5.91 Å². The van der Waals surface area contributed by atoms with Crippen LogP contribution in [-0.2, 0) is 0 Å². The summed E-state index contributed by atoms with van der Waals surface area (Å²) in [6.07, 6.45) is 1.42. The van der Waals surface area contributed by atoms with Gasteiger partial charge in [0.15, 0.2) is 5.69 Å². The highest BCUT2D eigenvalue weighted by atomic mass is 16.2. The molecule has 2 aromatic carbocycles. The van der Waals surface area contributed by atoms with Crippen LogP contribution in [-0.4, -0.2) is 25.9 Å². The molecule has 2 N–H and O–H groups in total. The number of hydrogen-bond donors (Lipinski definition) is 2. The van der Waals surface area contributed by atoms with Gasteiger partial charge in [-0.25, -0.2) is 0 Å². The van der Waals surface area contributed by atoms with Crippen LogP contribution in [0.25, 0.3) is 16.6 Å². The zero-order valence-electron chi connectivity index (χ0n) is 15.5. The molecule has 140 valence electrons. The Hall–Kier alpha value is -3.74. The van der Waals surface area contributed by atoms with Crippen LogP contribution in [0.4, 0.5) is 5.69 Å². The van der Waals surface area contributed by atoms with Crippen LogP contribution >= 0.6 is 0 Å². The number of nitrogens with zero attached hydrogens (tertiary/aromatic N) is 3. The normalized spacial score (nSPS) is 11.1. The van der Waals surface area contributed by atoms with E-state index >= 15 is 0 Å². The van der Waals surface area contributed by atoms with E-state index in [1.54, 1.807) is 12.1 Å². The Labute approximate surface area is 161 Å². The van der Waals surface area contributed by atoms with Crippen molar-refractivity contribution in [2.45, 2.75) is 19.8 Å². The Balaban J connectivity index is 1.61. The van der Waals surface area contributed by atoms with Crippen molar-refractivity contribution in [3.63, 3.8) is 0 Å². The zero-order chi connectivity index (χ0) is 19.7. The van der Waals surface area contributed by atoms with Gasteiger partial charge in [-0.15, -0.1) is 5.10 Å². The number of aromatic nitrogens is 4. The number of benzene rings is 2. The third-order valence-corrected chi connectivity index (χ3v) is 4.47. The second-order valence-electron chi connectivity index (χ2n) is 6.81. The van der Waals surface area contributed by atoms with E-state index < -0.39 is 0 Å². The molecule has 0 atom stereocenters. The van der Waals surface area contributed by atoms with Gasteiger partial charge in [-0.05, 0) is 35.7 Å². The minimum atomic E-state index is -0.371. The predicted molar refractivity (Wildman–Crippen MR) is 108 cm³/mol. The molecule has 0 spiro atoms. The van der Waals surface area contributed by atoms with Gasteiger partial charge < -0.3 is 10.3 Å². The topological polar surface area (TPSA) is 92.7 Å². The summed E-state index contributed by atoms with van der Waals surface area (Å²) >= 11 is 0. The first-order valence-electron chi connectivity index (χ1n) is 8.97. The third-order valence-electron chi connectivity index (χ3n) is 4.47. The van der Waals surface area contributed by atoms with Gasteiger partial charge in [0.05, 0.1) is 17.4 Å². The van der Waals surface area contributed by atoms with Gasteiger partial charge in [-0.2, -0.15) is 9.90 Å². The van der Waals surface area contributed by atoms with E-state index in [9.17, 15) is 9.59 Å². The van der Waals surface area contributed by atoms with E-state index in [1.165, 1.54) is 11.0 Å². The van der Waals surface area contributed by atoms with Crippen molar-refractivity contribution in [2.24, 2.45) is 0 Å². The number of carbonyl (C=O) groups excluding carboxylic acids is 1. The molecule has 1 amide bonds. The SMILES string of the molecule is CC(C)c1cc(=O)[nH]c2cc(NC(=O)c3cnn(-c4ccccc4)n3)ccc12. The molecule has 0 fully saturated rings. The van der Waals surface area contributed by atoms with Crippen LogP contribution in [0.1, 0.15) is 35.8 Å². The predicted octanol–water partition coefficient (Wildman–Crippen LogP) is 3.48. The molecule has 4 rings (SSSR count). The van der Waals surface area contributed by atoms with Gasteiger partial charge in [0.1, 0.15) is 0 Å². The number of amides is 1. The van der Waals surface area contributed by atoms with Crippen LogP contribution in [0.3, 0.4) is 0 Å². The molecule has 0 radical (unpaired) electrons. The lowest BCUT2D eigenvalue weighted by molar-refractivity contribution is 0.102. The number of pyridine rings is 1. The Morgan fingerprint density at radius 3 is 2.64 bits per heavy atom. The van der Waals surface area contributed by atoms with Crippen molar-refractivity contribution in [3.8, 4) is 5.69 Å². The summed E-state index contributed by atoms with van der Waals surface area (Å²) in [5, 5.41) is 12.1. The van der Waals surface area contributed by atoms with E-state index in [-0.39, 0.29) is 23.1 Å². The first kappa shape index (κ1) is 17.7. The fourth-order valence-electron chi connectivity index (χ4n) is 3.09. The molecule has 0 saturated carbocycles. The van der Waals surface area contributed by atoms with Crippen LogP contribution in [0.2, 0.25) is 0 Å². The quantitative estimate of drug-likeness (QED) is 0.573. The average molecular weight is 373 g/mol. The van der Waals surface area contributed by atoms with Gasteiger partial charge in [-0.3, -0.25) is 9.59 Å². The largest absolute Gasteiger partial charge is 0.322 e. The summed E-state index contributed by atoms with van der Waals surface area (Å²) in [4.78, 5) is 28.7. The monoisotopic (exact) mass is 373 g/mol. The molecule has 0 saturated heterocycles. The van der Waals surface area contributed by atoms with Crippen LogP contribution in [0.5, 0.6) is 0 Å². The van der Waals surface area contributed by atoms with Crippen molar-refractivity contribution in [1.29, 1.82) is 0 Å². The molecule has 0 aliphatic heterocycles. The number of para-hydroxylation sites is 1. The van der Waals surface area contributed by atoms with Crippen LogP contribution < -0.4 is 10.9 Å². The highest BCUT2D eigenvalue weighted by molar-refractivity contribution is 6.03. The van der Waals surface area contributed by atoms with Crippen molar-refractivity contribution >= 4 is 22.5 Å². The summed E-state index contributed by atoms with van der Waals surface area (Å²) < 4.78 is 0. The van der Waals surface area contributed by atoms with Crippen molar-refractivity contribution in [1.82, 2.24) is 20.0 Å². The number of anilines is 1. The number of hydrogen-bond acceptors (Lipinski definition) is 4. The lowest BCUT2D eigenvalue weighted by Gasteiger charge is -2.11. The molecule has 0 aliphatic rings. The number of aromatic amines is 1. The molecule has 28 heavy (non-hydrogen) atoms. The number of fused-ring (bicyclic) bond motifs is 1. The molecule has 0 unspecified atom stereocenters. The first-order valence-corrected chi connectivity index (χ1v) is 8.97. The van der Waals surface area contributed by atoms with Crippen molar-refractivity contribution in [2.75, 3.05) is 5.32 Å². The Morgan fingerprint density at radius 1 is 1.11 bits per heavy atom. The molecule has 4 aromatic rings. The van der Waals surface area contributed by atoms with Gasteiger partial charge >= 0.3 is 0 Å². The van der Waals surface area contributed by atoms with Gasteiger partial charge in [-0.1, -0.05) is 38.1 Å². The highest BCUT2D eigenvalue weighted by Gasteiger charge is 2.13. The van der Waals surface area contributed by atoms with E-state index in [0.29, 0.717) is 11.2 Å². The number of rotatable bonds is 4. The van der Waals surface area contributed by atoms with Crippen molar-refractivity contribution in [3.05, 3.63) is 82.4 Å². The molecule has 0 aliphatic carbocycles. The zero-order valence-corrected chi connectivity index (χ0v) is 15.5. The summed E-state index contributed by atoms with van der Waals surface area (Å²) in [5.74, 6) is -0.151. The summed E-state index contributed by atoms with van der Waals surface area (Å²) in [5.41, 5.74) is 3.04. The van der Waals surface area contributed by atoms with Crippen LogP contribution in [0, 0.1) is 0 Å². The molecule has 7 nitrogen and oxygen atoms in total. The minimum Gasteiger partial charge on any atom is -0.322 e. The van der Waals surface area contributed by atoms with Crippen LogP contribution in [0.15, 0.2) is 65.6 Å². The maximum atomic E-state index is 12.5. The Morgan fingerprint density at radius 2 is 1.89 bits per heavy atom. The lowest BCUT2D eigenvalue weighted by Crippen LogP contribution is -2.14. The average Bonchev–Trinajstić information content (AvgIpc) is 3.18. The number of carbonyl (C=O) groups is 1. The fourth-order valence-corrected chi connectivity index (χ4v) is 3.09. The molecule has 2 heterocycles. The first-order chi connectivity index (χ1) is 13.5. The second kappa shape index (κ2) is 7.11. The maximum Gasteiger partial charge on any atom is 0.277 e. The summed E-state index contributed by atoms with van der Waals surface area (Å²) in [6, 6.07) is 16.4. The standard InChI is InChI=1S/C21H19N5O2/c1-13(2)17-11-20(27)24-18-10-14(8-9-16(17)18)23-21(28)19-12-22-26(25-19)15-6-4-3-5-7-15/h3-13H,1-2H3,(H,23,28)(H,24,27). The molecule has 7 heteroatoms. The lowest BCUT2D eigenvalue weighted by atomic mass is 9.99. The summed E-state index contributed by atoms with van der Waals surface area (Å²) in [6.45, 7) is 4.08. The smallest absolute Gasteiger partial charge is 0.277 e. The maximum absolute atomic E-state index is 12.5. The second-order valence-corrected chi connectivity index (χ2v) is 6.81. The van der Waals surface area contributed by atoms with E-state index in [2.05, 4.69) is 20.5 Å². The number of H-pyrrole nitrogens is 1. The minimum absolute atomic E-state index is 0.162. The van der Waals surface area contributed by atoms with Crippen molar-refractivity contribution < 1.29 is 4.79 Å². The molecule has 0 bridgehead atoms. The fraction of sp³-hybridized carbons (Fsp3) is 0.143. The summed E-state index contributed by atoms with van der Waals surface area (Å²) in [7, 11) is 0. The Kier molecular flexibility index (Phi) is 4.49. The van der Waals surface area contributed by atoms with E-state index in [4.69, 9.17) is 0 Å². The number of nitrogens with one attached hydrogen (secondary N) is 2. The van der Waals surface area contributed by atoms with Gasteiger partial charge in [0.2, 0.25) is 5.56 Å². The Bertz CT molecular complexity index is 1210.